The minimum absolute atomic E-state index is 0.0597. The molecule has 0 aliphatic carbocycles. The SMILES string of the molecule is Cn1ccnc1-c1sc(NC(=O)CC2CCN(C(=O)OC(C)(C)C)CC2)nc1-c1ccccc1. The highest BCUT2D eigenvalue weighted by Gasteiger charge is 2.28. The van der Waals surface area contributed by atoms with Crippen LogP contribution in [0.1, 0.15) is 40.0 Å². The predicted octanol–water partition coefficient (Wildman–Crippen LogP) is 5.19. The molecule has 0 saturated carbocycles. The standard InChI is InChI=1S/C25H31N5O3S/c1-25(2,3)33-24(32)30-13-10-17(11-14-30)16-19(31)27-23-28-20(18-8-6-5-7-9-18)21(34-23)22-26-12-15-29(22)4/h5-9,12,15,17H,10-11,13-14,16H2,1-4H3,(H,27,28,31). The van der Waals surface area contributed by atoms with Gasteiger partial charge < -0.3 is 19.5 Å². The highest BCUT2D eigenvalue weighted by molar-refractivity contribution is 7.19. The smallest absolute Gasteiger partial charge is 0.410 e. The number of rotatable bonds is 5. The van der Waals surface area contributed by atoms with E-state index in [1.165, 1.54) is 11.3 Å². The molecule has 1 N–H and O–H groups in total. The van der Waals surface area contributed by atoms with E-state index in [9.17, 15) is 9.59 Å². The zero-order valence-corrected chi connectivity index (χ0v) is 20.9. The summed E-state index contributed by atoms with van der Waals surface area (Å²) in [4.78, 5) is 37.0. The second-order valence-corrected chi connectivity index (χ2v) is 10.6. The molecule has 2 amide bonds. The maximum absolute atomic E-state index is 12.8. The van der Waals surface area contributed by atoms with Crippen molar-refractivity contribution >= 4 is 28.5 Å². The number of carbonyl (C=O) groups is 2. The first-order valence-corrected chi connectivity index (χ1v) is 12.3. The van der Waals surface area contributed by atoms with Crippen molar-refractivity contribution in [3.63, 3.8) is 0 Å². The molecule has 0 atom stereocenters. The van der Waals surface area contributed by atoms with Gasteiger partial charge in [-0.3, -0.25) is 4.79 Å². The number of hydrogen-bond donors (Lipinski definition) is 1. The normalized spacial score (nSPS) is 14.8. The van der Waals surface area contributed by atoms with Gasteiger partial charge in [0.05, 0.1) is 10.6 Å². The summed E-state index contributed by atoms with van der Waals surface area (Å²) in [6, 6.07) is 9.92. The number of hydrogen-bond acceptors (Lipinski definition) is 6. The number of anilines is 1. The van der Waals surface area contributed by atoms with Crippen molar-refractivity contribution in [1.29, 1.82) is 0 Å². The van der Waals surface area contributed by atoms with Crippen molar-refractivity contribution < 1.29 is 14.3 Å². The summed E-state index contributed by atoms with van der Waals surface area (Å²) in [5, 5.41) is 3.56. The van der Waals surface area contributed by atoms with Crippen LogP contribution in [0.2, 0.25) is 0 Å². The molecule has 8 nitrogen and oxygen atoms in total. The lowest BCUT2D eigenvalue weighted by molar-refractivity contribution is -0.117. The third-order valence-corrected chi connectivity index (χ3v) is 6.65. The number of nitrogens with zero attached hydrogens (tertiary/aromatic N) is 4. The van der Waals surface area contributed by atoms with Crippen molar-refractivity contribution in [2.24, 2.45) is 13.0 Å². The van der Waals surface area contributed by atoms with E-state index >= 15 is 0 Å². The van der Waals surface area contributed by atoms with Gasteiger partial charge in [0, 0.05) is 44.5 Å². The summed E-state index contributed by atoms with van der Waals surface area (Å²) in [5.74, 6) is 0.975. The molecule has 1 aliphatic rings. The van der Waals surface area contributed by atoms with Gasteiger partial charge in [-0.25, -0.2) is 14.8 Å². The minimum Gasteiger partial charge on any atom is -0.444 e. The molecule has 3 heterocycles. The summed E-state index contributed by atoms with van der Waals surface area (Å²) < 4.78 is 7.40. The molecule has 0 unspecified atom stereocenters. The van der Waals surface area contributed by atoms with Gasteiger partial charge >= 0.3 is 6.09 Å². The molecule has 4 rings (SSSR count). The first-order chi connectivity index (χ1) is 16.2. The first kappa shape index (κ1) is 23.9. The molecule has 1 saturated heterocycles. The topological polar surface area (TPSA) is 89.4 Å². The van der Waals surface area contributed by atoms with Gasteiger partial charge in [-0.05, 0) is 39.5 Å². The van der Waals surface area contributed by atoms with Crippen LogP contribution in [0.4, 0.5) is 9.93 Å². The van der Waals surface area contributed by atoms with E-state index in [2.05, 4.69) is 10.3 Å². The predicted molar refractivity (Wildman–Crippen MR) is 134 cm³/mol. The minimum atomic E-state index is -0.506. The quantitative estimate of drug-likeness (QED) is 0.542. The molecular formula is C25H31N5O3S. The van der Waals surface area contributed by atoms with E-state index in [1.807, 2.05) is 68.9 Å². The molecule has 0 bridgehead atoms. The van der Waals surface area contributed by atoms with Crippen LogP contribution in [0.25, 0.3) is 22.0 Å². The summed E-state index contributed by atoms with van der Waals surface area (Å²) in [6.07, 6.45) is 5.32. The van der Waals surface area contributed by atoms with E-state index in [-0.39, 0.29) is 17.9 Å². The Morgan fingerprint density at radius 1 is 1.18 bits per heavy atom. The Morgan fingerprint density at radius 2 is 1.88 bits per heavy atom. The number of likely N-dealkylation sites (tertiary alicyclic amines) is 1. The van der Waals surface area contributed by atoms with Crippen LogP contribution in [0.3, 0.4) is 0 Å². The van der Waals surface area contributed by atoms with E-state index in [1.54, 1.807) is 11.1 Å². The van der Waals surface area contributed by atoms with E-state index < -0.39 is 5.60 Å². The number of benzene rings is 1. The maximum Gasteiger partial charge on any atom is 0.410 e. The average Bonchev–Trinajstić information content (AvgIpc) is 3.39. The lowest BCUT2D eigenvalue weighted by atomic mass is 9.93. The van der Waals surface area contributed by atoms with Crippen LogP contribution in [0, 0.1) is 5.92 Å². The molecule has 1 aliphatic heterocycles. The van der Waals surface area contributed by atoms with Gasteiger partial charge in [0.1, 0.15) is 5.60 Å². The van der Waals surface area contributed by atoms with Crippen LogP contribution in [-0.2, 0) is 16.6 Å². The number of thiazole rings is 1. The Labute approximate surface area is 204 Å². The first-order valence-electron chi connectivity index (χ1n) is 11.5. The molecule has 0 spiro atoms. The largest absolute Gasteiger partial charge is 0.444 e. The molecule has 1 fully saturated rings. The number of nitrogens with one attached hydrogen (secondary N) is 1. The number of imidazole rings is 1. The Bertz CT molecular complexity index is 1140. The monoisotopic (exact) mass is 481 g/mol. The molecule has 2 aromatic heterocycles. The van der Waals surface area contributed by atoms with Crippen LogP contribution in [0.15, 0.2) is 42.7 Å². The van der Waals surface area contributed by atoms with Gasteiger partial charge in [0.2, 0.25) is 5.91 Å². The zero-order chi connectivity index (χ0) is 24.3. The van der Waals surface area contributed by atoms with Gasteiger partial charge in [0.25, 0.3) is 0 Å². The summed E-state index contributed by atoms with van der Waals surface area (Å²) in [6.45, 7) is 6.80. The van der Waals surface area contributed by atoms with Crippen molar-refractivity contribution in [2.45, 2.75) is 45.6 Å². The van der Waals surface area contributed by atoms with Gasteiger partial charge in [-0.2, -0.15) is 0 Å². The second-order valence-electron chi connectivity index (χ2n) is 9.59. The Balaban J connectivity index is 1.40. The number of piperidine rings is 1. The van der Waals surface area contributed by atoms with Crippen molar-refractivity contribution in [2.75, 3.05) is 18.4 Å². The van der Waals surface area contributed by atoms with Crippen LogP contribution >= 0.6 is 11.3 Å². The molecule has 1 aromatic carbocycles. The Morgan fingerprint density at radius 3 is 2.50 bits per heavy atom. The fourth-order valence-corrected chi connectivity index (χ4v) is 5.02. The lowest BCUT2D eigenvalue weighted by Gasteiger charge is -2.33. The Kier molecular flexibility index (Phi) is 7.02. The summed E-state index contributed by atoms with van der Waals surface area (Å²) >= 11 is 1.43. The van der Waals surface area contributed by atoms with Gasteiger partial charge in [0.15, 0.2) is 11.0 Å². The lowest BCUT2D eigenvalue weighted by Crippen LogP contribution is -2.42. The highest BCUT2D eigenvalue weighted by atomic mass is 32.1. The highest BCUT2D eigenvalue weighted by Crippen LogP contribution is 2.38. The third-order valence-electron chi connectivity index (χ3n) is 5.69. The second kappa shape index (κ2) is 9.97. The van der Waals surface area contributed by atoms with Gasteiger partial charge in [-0.1, -0.05) is 41.7 Å². The van der Waals surface area contributed by atoms with Crippen LogP contribution in [-0.4, -0.2) is 50.1 Å². The molecule has 34 heavy (non-hydrogen) atoms. The number of ether oxygens (including phenoxy) is 1. The van der Waals surface area contributed by atoms with Crippen molar-refractivity contribution in [3.8, 4) is 22.0 Å². The number of aromatic nitrogens is 3. The molecule has 0 radical (unpaired) electrons. The number of aryl methyl sites for hydroxylation is 1. The van der Waals surface area contributed by atoms with E-state index in [0.29, 0.717) is 24.6 Å². The van der Waals surface area contributed by atoms with Crippen LogP contribution in [0.5, 0.6) is 0 Å². The molecule has 180 valence electrons. The molecular weight excluding hydrogens is 450 g/mol. The number of amides is 2. The fourth-order valence-electron chi connectivity index (χ4n) is 3.98. The zero-order valence-electron chi connectivity index (χ0n) is 20.1. The van der Waals surface area contributed by atoms with Crippen LogP contribution < -0.4 is 5.32 Å². The molecule has 3 aromatic rings. The van der Waals surface area contributed by atoms with Gasteiger partial charge in [-0.15, -0.1) is 0 Å². The van der Waals surface area contributed by atoms with Crippen molar-refractivity contribution in [1.82, 2.24) is 19.4 Å². The Hall–Kier alpha value is -3.20. The summed E-state index contributed by atoms with van der Waals surface area (Å²) in [5.41, 5.74) is 1.28. The van der Waals surface area contributed by atoms with Crippen molar-refractivity contribution in [3.05, 3.63) is 42.7 Å². The number of carbonyl (C=O) groups excluding carboxylic acids is 2. The van der Waals surface area contributed by atoms with E-state index in [4.69, 9.17) is 9.72 Å². The summed E-state index contributed by atoms with van der Waals surface area (Å²) in [7, 11) is 1.94. The third kappa shape index (κ3) is 5.83. The maximum atomic E-state index is 12.8. The fraction of sp³-hybridized carbons (Fsp3) is 0.440. The average molecular weight is 482 g/mol. The van der Waals surface area contributed by atoms with E-state index in [0.717, 1.165) is 34.8 Å². The molecule has 9 heteroatoms.